The Bertz CT molecular complexity index is 1350. The van der Waals surface area contributed by atoms with E-state index in [2.05, 4.69) is 15.2 Å². The normalized spacial score (nSPS) is 14.7. The summed E-state index contributed by atoms with van der Waals surface area (Å²) >= 11 is 0. The van der Waals surface area contributed by atoms with E-state index in [4.69, 9.17) is 9.47 Å². The van der Waals surface area contributed by atoms with Gasteiger partial charge >= 0.3 is 0 Å². The van der Waals surface area contributed by atoms with Crippen LogP contribution in [0, 0.1) is 0 Å². The number of phenols is 1. The van der Waals surface area contributed by atoms with Crippen molar-refractivity contribution < 1.29 is 19.4 Å². The molecule has 35 heavy (non-hydrogen) atoms. The zero-order valence-corrected chi connectivity index (χ0v) is 19.6. The lowest BCUT2D eigenvalue weighted by atomic mass is 9.95. The summed E-state index contributed by atoms with van der Waals surface area (Å²) in [5, 5.41) is 17.9. The Hall–Kier alpha value is -4.33. The van der Waals surface area contributed by atoms with Gasteiger partial charge < -0.3 is 19.5 Å². The molecule has 2 aromatic heterocycles. The fourth-order valence-electron chi connectivity index (χ4n) is 4.51. The predicted octanol–water partition coefficient (Wildman–Crippen LogP) is 4.72. The molecule has 0 fully saturated rings. The monoisotopic (exact) mass is 470 g/mol. The molecule has 8 heteroatoms. The Morgan fingerprint density at radius 3 is 2.49 bits per heavy atom. The number of phenolic OH excluding ortho intramolecular Hbond substituents is 1. The standard InChI is InChI=1S/C27H26N4O4/c1-3-34-21-10-9-18(15-22(21)35-4-2)26-23-24(19-7-5-6-8-20(19)32)29-30-25(23)27(33)31(26)16-17-11-13-28-14-12-17/h5-15,26,32H,3-4,16H2,1-2H3,(H,29,30). The predicted molar refractivity (Wildman–Crippen MR) is 130 cm³/mol. The first-order valence-corrected chi connectivity index (χ1v) is 11.6. The summed E-state index contributed by atoms with van der Waals surface area (Å²) in [6, 6.07) is 16.1. The van der Waals surface area contributed by atoms with Crippen molar-refractivity contribution in [3.63, 3.8) is 0 Å². The molecule has 1 unspecified atom stereocenters. The van der Waals surface area contributed by atoms with E-state index in [-0.39, 0.29) is 11.7 Å². The number of amides is 1. The number of aromatic nitrogens is 3. The zero-order chi connectivity index (χ0) is 24.4. The molecule has 178 valence electrons. The van der Waals surface area contributed by atoms with Crippen LogP contribution in [0.25, 0.3) is 11.3 Å². The van der Waals surface area contributed by atoms with Crippen LogP contribution in [-0.4, -0.2) is 44.3 Å². The number of aromatic amines is 1. The molecule has 0 saturated carbocycles. The minimum Gasteiger partial charge on any atom is -0.507 e. The van der Waals surface area contributed by atoms with Crippen molar-refractivity contribution in [1.82, 2.24) is 20.1 Å². The number of nitrogens with one attached hydrogen (secondary N) is 1. The van der Waals surface area contributed by atoms with E-state index in [1.54, 1.807) is 35.5 Å². The highest BCUT2D eigenvalue weighted by Gasteiger charge is 2.42. The molecule has 2 aromatic carbocycles. The average molecular weight is 471 g/mol. The molecule has 1 aliphatic rings. The molecule has 8 nitrogen and oxygen atoms in total. The second-order valence-electron chi connectivity index (χ2n) is 8.14. The van der Waals surface area contributed by atoms with E-state index >= 15 is 0 Å². The molecule has 0 aliphatic carbocycles. The number of ether oxygens (including phenoxy) is 2. The van der Waals surface area contributed by atoms with Crippen LogP contribution in [0.4, 0.5) is 0 Å². The van der Waals surface area contributed by atoms with E-state index < -0.39 is 6.04 Å². The summed E-state index contributed by atoms with van der Waals surface area (Å²) in [6.07, 6.45) is 3.42. The van der Waals surface area contributed by atoms with Crippen molar-refractivity contribution in [1.29, 1.82) is 0 Å². The molecule has 5 rings (SSSR count). The lowest BCUT2D eigenvalue weighted by Crippen LogP contribution is -2.29. The number of aromatic hydroxyl groups is 1. The summed E-state index contributed by atoms with van der Waals surface area (Å²) < 4.78 is 11.6. The lowest BCUT2D eigenvalue weighted by molar-refractivity contribution is 0.0729. The molecule has 0 saturated heterocycles. The number of para-hydroxylation sites is 1. The van der Waals surface area contributed by atoms with Gasteiger partial charge in [-0.3, -0.25) is 14.9 Å². The Balaban J connectivity index is 1.67. The Kier molecular flexibility index (Phi) is 6.10. The zero-order valence-electron chi connectivity index (χ0n) is 19.6. The van der Waals surface area contributed by atoms with Crippen molar-refractivity contribution >= 4 is 5.91 Å². The first-order chi connectivity index (χ1) is 17.1. The van der Waals surface area contributed by atoms with Gasteiger partial charge in [0, 0.05) is 30.1 Å². The quantitative estimate of drug-likeness (QED) is 0.387. The van der Waals surface area contributed by atoms with E-state index in [9.17, 15) is 9.90 Å². The number of benzene rings is 2. The topological polar surface area (TPSA) is 101 Å². The molecule has 0 spiro atoms. The van der Waals surface area contributed by atoms with Crippen molar-refractivity contribution in [3.05, 3.63) is 89.4 Å². The largest absolute Gasteiger partial charge is 0.507 e. The number of carbonyl (C=O) groups is 1. The maximum absolute atomic E-state index is 13.6. The van der Waals surface area contributed by atoms with Crippen molar-refractivity contribution in [2.45, 2.75) is 26.4 Å². The van der Waals surface area contributed by atoms with Gasteiger partial charge in [-0.15, -0.1) is 0 Å². The second kappa shape index (κ2) is 9.50. The van der Waals surface area contributed by atoms with Crippen molar-refractivity contribution in [2.24, 2.45) is 0 Å². The third-order valence-electron chi connectivity index (χ3n) is 6.01. The molecule has 1 amide bonds. The summed E-state index contributed by atoms with van der Waals surface area (Å²) in [5.74, 6) is 1.20. The maximum Gasteiger partial charge on any atom is 0.273 e. The number of nitrogens with zero attached hydrogens (tertiary/aromatic N) is 3. The first kappa shape index (κ1) is 22.5. The Morgan fingerprint density at radius 2 is 1.74 bits per heavy atom. The third-order valence-corrected chi connectivity index (χ3v) is 6.01. The van der Waals surface area contributed by atoms with Crippen molar-refractivity contribution in [2.75, 3.05) is 13.2 Å². The number of pyridine rings is 1. The number of hydrogen-bond donors (Lipinski definition) is 2. The van der Waals surface area contributed by atoms with E-state index in [0.29, 0.717) is 48.2 Å². The summed E-state index contributed by atoms with van der Waals surface area (Å²) in [5.41, 5.74) is 4.05. The van der Waals surface area contributed by atoms with E-state index in [1.807, 2.05) is 50.2 Å². The van der Waals surface area contributed by atoms with Gasteiger partial charge in [-0.1, -0.05) is 18.2 Å². The highest BCUT2D eigenvalue weighted by Crippen LogP contribution is 2.46. The second-order valence-corrected chi connectivity index (χ2v) is 8.14. The third kappa shape index (κ3) is 4.07. The van der Waals surface area contributed by atoms with Crippen LogP contribution in [0.1, 0.15) is 47.1 Å². The van der Waals surface area contributed by atoms with E-state index in [1.165, 1.54) is 0 Å². The van der Waals surface area contributed by atoms with Gasteiger partial charge in [0.25, 0.3) is 5.91 Å². The molecule has 3 heterocycles. The Morgan fingerprint density at radius 1 is 1.00 bits per heavy atom. The first-order valence-electron chi connectivity index (χ1n) is 11.6. The van der Waals surface area contributed by atoms with Crippen molar-refractivity contribution in [3.8, 4) is 28.5 Å². The smallest absolute Gasteiger partial charge is 0.273 e. The van der Waals surface area contributed by atoms with Crippen LogP contribution in [0.3, 0.4) is 0 Å². The molecule has 0 radical (unpaired) electrons. The fraction of sp³-hybridized carbons (Fsp3) is 0.222. The average Bonchev–Trinajstić information content (AvgIpc) is 3.41. The number of fused-ring (bicyclic) bond motifs is 1. The van der Waals surface area contributed by atoms with Gasteiger partial charge in [-0.25, -0.2) is 0 Å². The number of H-pyrrole nitrogens is 1. The maximum atomic E-state index is 13.6. The summed E-state index contributed by atoms with van der Waals surface area (Å²) in [4.78, 5) is 19.5. The number of hydrogen-bond acceptors (Lipinski definition) is 6. The number of rotatable bonds is 8. The van der Waals surface area contributed by atoms with E-state index in [0.717, 1.165) is 16.7 Å². The van der Waals surface area contributed by atoms with Gasteiger partial charge in [-0.05, 0) is 61.4 Å². The van der Waals surface area contributed by atoms with Gasteiger partial charge in [-0.2, -0.15) is 5.10 Å². The molecule has 0 bridgehead atoms. The van der Waals surface area contributed by atoms with Crippen LogP contribution in [0.2, 0.25) is 0 Å². The molecular weight excluding hydrogens is 444 g/mol. The summed E-state index contributed by atoms with van der Waals surface area (Å²) in [7, 11) is 0. The van der Waals surface area contributed by atoms with Gasteiger partial charge in [0.15, 0.2) is 11.5 Å². The highest BCUT2D eigenvalue weighted by molar-refractivity contribution is 6.00. The van der Waals surface area contributed by atoms with Crippen LogP contribution >= 0.6 is 0 Å². The fourth-order valence-corrected chi connectivity index (χ4v) is 4.51. The SMILES string of the molecule is CCOc1ccc(C2c3c(-c4ccccc4O)n[nH]c3C(=O)N2Cc2ccncc2)cc1OCC. The van der Waals surface area contributed by atoms with Crippen LogP contribution in [0.5, 0.6) is 17.2 Å². The van der Waals surface area contributed by atoms with Crippen LogP contribution in [0.15, 0.2) is 67.0 Å². The van der Waals surface area contributed by atoms with Crippen LogP contribution < -0.4 is 9.47 Å². The highest BCUT2D eigenvalue weighted by atomic mass is 16.5. The lowest BCUT2D eigenvalue weighted by Gasteiger charge is -2.27. The summed E-state index contributed by atoms with van der Waals surface area (Å²) in [6.45, 7) is 5.21. The minimum atomic E-state index is -0.450. The minimum absolute atomic E-state index is 0.0993. The van der Waals surface area contributed by atoms with Gasteiger partial charge in [0.05, 0.1) is 19.3 Å². The molecule has 2 N–H and O–H groups in total. The van der Waals surface area contributed by atoms with Gasteiger partial charge in [0.2, 0.25) is 0 Å². The molecular formula is C27H26N4O4. The Labute approximate surface area is 203 Å². The number of carbonyl (C=O) groups excluding carboxylic acids is 1. The molecule has 1 aliphatic heterocycles. The molecule has 4 aromatic rings. The van der Waals surface area contributed by atoms with Crippen LogP contribution in [-0.2, 0) is 6.54 Å². The van der Waals surface area contributed by atoms with Gasteiger partial charge in [0.1, 0.15) is 17.1 Å². The molecule has 1 atom stereocenters.